The maximum atomic E-state index is 13.8. The van der Waals surface area contributed by atoms with Gasteiger partial charge < -0.3 is 4.74 Å². The molecule has 9 heteroatoms. The molecule has 0 aromatic carbocycles. The first-order valence-electron chi connectivity index (χ1n) is 9.51. The summed E-state index contributed by atoms with van der Waals surface area (Å²) >= 11 is 0. The van der Waals surface area contributed by atoms with E-state index >= 15 is 0 Å². The summed E-state index contributed by atoms with van der Waals surface area (Å²) < 4.78 is 45.5. The first-order chi connectivity index (χ1) is 12.9. The van der Waals surface area contributed by atoms with Crippen LogP contribution in [-0.4, -0.2) is 92.3 Å². The number of rotatable bonds is 8. The quantitative estimate of drug-likeness (QED) is 0.643. The lowest BCUT2D eigenvalue weighted by atomic mass is 10.2. The zero-order valence-corrected chi connectivity index (χ0v) is 16.7. The van der Waals surface area contributed by atoms with Crippen LogP contribution in [0.2, 0.25) is 0 Å². The second-order valence-electron chi connectivity index (χ2n) is 7.33. The van der Waals surface area contributed by atoms with Crippen molar-refractivity contribution in [3.05, 3.63) is 29.8 Å². The molecule has 0 radical (unpaired) electrons. The molecule has 2 aliphatic rings. The van der Waals surface area contributed by atoms with Crippen molar-refractivity contribution >= 4 is 10.0 Å². The van der Waals surface area contributed by atoms with Gasteiger partial charge in [-0.3, -0.25) is 14.8 Å². The third kappa shape index (κ3) is 5.92. The standard InChI is InChI=1S/C18H29FN4O3S/c1-27(24,25)23(7-2-6-21-9-11-26-12-10-21)17-4-8-22(15-17)14-16-3-5-20-13-18(16)19/h3,5,13,17H,2,4,6-12,14-15H2,1H3. The maximum Gasteiger partial charge on any atom is 0.211 e. The number of nitrogens with zero attached hydrogens (tertiary/aromatic N) is 4. The Hall–Kier alpha value is -1.13. The van der Waals surface area contributed by atoms with Crippen molar-refractivity contribution in [3.8, 4) is 0 Å². The largest absolute Gasteiger partial charge is 0.379 e. The summed E-state index contributed by atoms with van der Waals surface area (Å²) in [5, 5.41) is 0. The number of halogens is 1. The van der Waals surface area contributed by atoms with E-state index < -0.39 is 10.0 Å². The van der Waals surface area contributed by atoms with Crippen LogP contribution in [0.1, 0.15) is 18.4 Å². The third-order valence-electron chi connectivity index (χ3n) is 5.29. The Morgan fingerprint density at radius 2 is 2.07 bits per heavy atom. The van der Waals surface area contributed by atoms with E-state index in [-0.39, 0.29) is 11.9 Å². The van der Waals surface area contributed by atoms with Gasteiger partial charge in [-0.1, -0.05) is 0 Å². The van der Waals surface area contributed by atoms with E-state index in [1.807, 2.05) is 0 Å². The zero-order valence-electron chi connectivity index (χ0n) is 15.9. The minimum absolute atomic E-state index is 0.0467. The smallest absolute Gasteiger partial charge is 0.211 e. The fourth-order valence-corrected chi connectivity index (χ4v) is 5.03. The molecule has 2 aliphatic heterocycles. The Morgan fingerprint density at radius 3 is 2.78 bits per heavy atom. The third-order valence-corrected chi connectivity index (χ3v) is 6.62. The molecule has 152 valence electrons. The Morgan fingerprint density at radius 1 is 1.30 bits per heavy atom. The minimum atomic E-state index is -3.28. The summed E-state index contributed by atoms with van der Waals surface area (Å²) in [6.07, 6.45) is 5.67. The highest BCUT2D eigenvalue weighted by Crippen LogP contribution is 2.21. The van der Waals surface area contributed by atoms with Crippen LogP contribution in [0.15, 0.2) is 18.5 Å². The van der Waals surface area contributed by atoms with E-state index in [1.165, 1.54) is 12.5 Å². The lowest BCUT2D eigenvalue weighted by Crippen LogP contribution is -2.43. The molecule has 1 aromatic heterocycles. The van der Waals surface area contributed by atoms with Gasteiger partial charge in [0.15, 0.2) is 0 Å². The van der Waals surface area contributed by atoms with Crippen molar-refractivity contribution in [3.63, 3.8) is 0 Å². The number of morpholine rings is 1. The van der Waals surface area contributed by atoms with Crippen molar-refractivity contribution in [2.24, 2.45) is 0 Å². The fourth-order valence-electron chi connectivity index (χ4n) is 3.86. The first kappa shape index (κ1) is 20.6. The molecule has 1 aromatic rings. The molecule has 27 heavy (non-hydrogen) atoms. The van der Waals surface area contributed by atoms with Gasteiger partial charge in [0.25, 0.3) is 0 Å². The molecule has 2 fully saturated rings. The van der Waals surface area contributed by atoms with Crippen LogP contribution >= 0.6 is 0 Å². The molecule has 0 aliphatic carbocycles. The number of pyridine rings is 1. The van der Waals surface area contributed by atoms with Crippen molar-refractivity contribution < 1.29 is 17.5 Å². The topological polar surface area (TPSA) is 66.0 Å². The van der Waals surface area contributed by atoms with Gasteiger partial charge in [0.1, 0.15) is 5.82 Å². The molecule has 3 rings (SSSR count). The lowest BCUT2D eigenvalue weighted by Gasteiger charge is -2.30. The summed E-state index contributed by atoms with van der Waals surface area (Å²) in [5.74, 6) is -0.313. The molecule has 1 unspecified atom stereocenters. The first-order valence-corrected chi connectivity index (χ1v) is 11.4. The summed E-state index contributed by atoms with van der Waals surface area (Å²) in [6.45, 7) is 6.61. The molecule has 0 N–H and O–H groups in total. The van der Waals surface area contributed by atoms with E-state index in [2.05, 4.69) is 14.8 Å². The van der Waals surface area contributed by atoms with E-state index in [4.69, 9.17) is 4.74 Å². The minimum Gasteiger partial charge on any atom is -0.379 e. The molecule has 0 bridgehead atoms. The number of aromatic nitrogens is 1. The van der Waals surface area contributed by atoms with Crippen molar-refractivity contribution in [2.45, 2.75) is 25.4 Å². The number of ether oxygens (including phenoxy) is 1. The van der Waals surface area contributed by atoms with Gasteiger partial charge in [0, 0.05) is 57.1 Å². The summed E-state index contributed by atoms with van der Waals surface area (Å²) in [6, 6.07) is 1.63. The Kier molecular flexibility index (Phi) is 7.16. The summed E-state index contributed by atoms with van der Waals surface area (Å²) in [4.78, 5) is 8.21. The monoisotopic (exact) mass is 400 g/mol. The molecule has 2 saturated heterocycles. The van der Waals surface area contributed by atoms with Gasteiger partial charge in [-0.25, -0.2) is 12.8 Å². The van der Waals surface area contributed by atoms with Gasteiger partial charge >= 0.3 is 0 Å². The zero-order chi connectivity index (χ0) is 19.3. The van der Waals surface area contributed by atoms with E-state index in [0.29, 0.717) is 25.2 Å². The second kappa shape index (κ2) is 9.38. The van der Waals surface area contributed by atoms with Gasteiger partial charge in [0.05, 0.1) is 25.7 Å². The van der Waals surface area contributed by atoms with Crippen LogP contribution in [-0.2, 0) is 21.3 Å². The van der Waals surface area contributed by atoms with Crippen molar-refractivity contribution in [1.29, 1.82) is 0 Å². The van der Waals surface area contributed by atoms with Crippen molar-refractivity contribution in [2.75, 3.05) is 58.7 Å². The van der Waals surface area contributed by atoms with Crippen LogP contribution < -0.4 is 0 Å². The predicted molar refractivity (Wildman–Crippen MR) is 101 cm³/mol. The highest BCUT2D eigenvalue weighted by molar-refractivity contribution is 7.88. The van der Waals surface area contributed by atoms with E-state index in [1.54, 1.807) is 16.6 Å². The highest BCUT2D eigenvalue weighted by Gasteiger charge is 2.32. The van der Waals surface area contributed by atoms with Gasteiger partial charge in [0.2, 0.25) is 10.0 Å². The van der Waals surface area contributed by atoms with Crippen LogP contribution in [0.25, 0.3) is 0 Å². The Labute approximate surface area is 161 Å². The Bertz CT molecular complexity index is 712. The molecular formula is C18H29FN4O3S. The Balaban J connectivity index is 1.53. The average molecular weight is 401 g/mol. The summed E-state index contributed by atoms with van der Waals surface area (Å²) in [5.41, 5.74) is 0.601. The van der Waals surface area contributed by atoms with Gasteiger partial charge in [-0.05, 0) is 25.5 Å². The molecular weight excluding hydrogens is 371 g/mol. The van der Waals surface area contributed by atoms with Crippen molar-refractivity contribution in [1.82, 2.24) is 19.1 Å². The highest BCUT2D eigenvalue weighted by atomic mass is 32.2. The van der Waals surface area contributed by atoms with Crippen LogP contribution in [0, 0.1) is 5.82 Å². The number of hydrogen-bond acceptors (Lipinski definition) is 6. The van der Waals surface area contributed by atoms with E-state index in [0.717, 1.165) is 52.2 Å². The number of sulfonamides is 1. The maximum absolute atomic E-state index is 13.8. The molecule has 0 saturated carbocycles. The SMILES string of the molecule is CS(=O)(=O)N(CCCN1CCOCC1)C1CCN(Cc2ccncc2F)C1. The number of likely N-dealkylation sites (tertiary alicyclic amines) is 1. The van der Waals surface area contributed by atoms with Gasteiger partial charge in [-0.15, -0.1) is 0 Å². The second-order valence-corrected chi connectivity index (χ2v) is 9.26. The molecule has 1 atom stereocenters. The average Bonchev–Trinajstić information content (AvgIpc) is 3.08. The summed E-state index contributed by atoms with van der Waals surface area (Å²) in [7, 11) is -3.28. The fraction of sp³-hybridized carbons (Fsp3) is 0.722. The van der Waals surface area contributed by atoms with E-state index in [9.17, 15) is 12.8 Å². The van der Waals surface area contributed by atoms with Crippen LogP contribution in [0.5, 0.6) is 0 Å². The molecule has 3 heterocycles. The number of hydrogen-bond donors (Lipinski definition) is 0. The lowest BCUT2D eigenvalue weighted by molar-refractivity contribution is 0.0366. The van der Waals surface area contributed by atoms with Crippen LogP contribution in [0.4, 0.5) is 4.39 Å². The normalized spacial score (nSPS) is 22.6. The molecule has 7 nitrogen and oxygen atoms in total. The van der Waals surface area contributed by atoms with Crippen LogP contribution in [0.3, 0.4) is 0 Å². The molecule has 0 spiro atoms. The molecule has 0 amide bonds. The predicted octanol–water partition coefficient (Wildman–Crippen LogP) is 0.779. The van der Waals surface area contributed by atoms with Gasteiger partial charge in [-0.2, -0.15) is 4.31 Å².